The maximum absolute atomic E-state index is 13.9. The van der Waals surface area contributed by atoms with Gasteiger partial charge in [-0.1, -0.05) is 68.3 Å². The number of amides is 3. The molecule has 1 atom stereocenters. The number of aromatic nitrogens is 1. The van der Waals surface area contributed by atoms with E-state index in [1.54, 1.807) is 30.5 Å². The van der Waals surface area contributed by atoms with E-state index >= 15 is 0 Å². The average molecular weight is 539 g/mol. The Labute approximate surface area is 230 Å². The molecule has 0 unspecified atom stereocenters. The maximum atomic E-state index is 13.9. The number of carbonyl (C=O) groups is 3. The van der Waals surface area contributed by atoms with Crippen LogP contribution in [0.5, 0.6) is 0 Å². The highest BCUT2D eigenvalue weighted by atomic mass is 35.5. The lowest BCUT2D eigenvalue weighted by Gasteiger charge is -2.40. The Hall–Kier alpha value is -2.93. The smallest absolute Gasteiger partial charge is 0.247 e. The Kier molecular flexibility index (Phi) is 10.6. The molecular formula is C30H39ClN4O3. The number of nitrogens with zero attached hydrogens (tertiary/aromatic N) is 2. The van der Waals surface area contributed by atoms with E-state index in [4.69, 9.17) is 11.6 Å². The molecule has 1 heterocycles. The normalized spacial score (nSPS) is 17.4. The van der Waals surface area contributed by atoms with Crippen LogP contribution in [0, 0.1) is 0 Å². The highest BCUT2D eigenvalue weighted by Gasteiger charge is 2.37. The van der Waals surface area contributed by atoms with E-state index in [9.17, 15) is 14.4 Å². The van der Waals surface area contributed by atoms with E-state index in [-0.39, 0.29) is 42.6 Å². The molecule has 1 aromatic heterocycles. The molecule has 4 rings (SSSR count). The van der Waals surface area contributed by atoms with Crippen LogP contribution in [0.15, 0.2) is 48.7 Å². The second kappa shape index (κ2) is 14.3. The Balaban J connectivity index is 1.50. The third-order valence-corrected chi connectivity index (χ3v) is 7.90. The highest BCUT2D eigenvalue weighted by Crippen LogP contribution is 2.33. The van der Waals surface area contributed by atoms with Gasteiger partial charge in [0.05, 0.1) is 0 Å². The molecule has 0 saturated heterocycles. The Morgan fingerprint density at radius 3 is 2.24 bits per heavy atom. The van der Waals surface area contributed by atoms with Gasteiger partial charge in [0.2, 0.25) is 17.7 Å². The van der Waals surface area contributed by atoms with Crippen molar-refractivity contribution in [2.75, 3.05) is 5.32 Å². The Morgan fingerprint density at radius 1 is 0.895 bits per heavy atom. The van der Waals surface area contributed by atoms with Gasteiger partial charge < -0.3 is 15.5 Å². The van der Waals surface area contributed by atoms with Gasteiger partial charge in [-0.05, 0) is 61.9 Å². The fraction of sp³-hybridized carbons (Fsp3) is 0.533. The molecule has 3 amide bonds. The number of benzene rings is 1. The molecule has 0 spiro atoms. The Morgan fingerprint density at radius 2 is 1.58 bits per heavy atom. The SMILES string of the molecule is O=C(CCCC(=O)N(C1CCCCC1)[C@H](C(=O)NC1CCCCC1)c1ccc(Cl)cc1)Nc1ccccn1. The number of nitrogens with one attached hydrogen (secondary N) is 2. The molecule has 204 valence electrons. The molecule has 2 aromatic rings. The monoisotopic (exact) mass is 538 g/mol. The lowest BCUT2D eigenvalue weighted by molar-refractivity contribution is -0.145. The molecule has 38 heavy (non-hydrogen) atoms. The first-order valence-electron chi connectivity index (χ1n) is 14.1. The van der Waals surface area contributed by atoms with Crippen LogP contribution in [0.4, 0.5) is 5.82 Å². The molecule has 2 aliphatic carbocycles. The largest absolute Gasteiger partial charge is 0.351 e. The topological polar surface area (TPSA) is 91.4 Å². The molecule has 7 nitrogen and oxygen atoms in total. The summed E-state index contributed by atoms with van der Waals surface area (Å²) in [5.74, 6) is 0.118. The summed E-state index contributed by atoms with van der Waals surface area (Å²) >= 11 is 6.18. The molecule has 0 bridgehead atoms. The van der Waals surface area contributed by atoms with E-state index in [1.165, 1.54) is 6.42 Å². The molecule has 2 aliphatic rings. The van der Waals surface area contributed by atoms with Crippen molar-refractivity contribution in [1.29, 1.82) is 0 Å². The summed E-state index contributed by atoms with van der Waals surface area (Å²) in [6.45, 7) is 0. The average Bonchev–Trinajstić information content (AvgIpc) is 2.94. The fourth-order valence-corrected chi connectivity index (χ4v) is 5.83. The van der Waals surface area contributed by atoms with E-state index in [1.807, 2.05) is 23.1 Å². The van der Waals surface area contributed by atoms with Gasteiger partial charge in [0.15, 0.2) is 0 Å². The minimum atomic E-state index is -0.716. The van der Waals surface area contributed by atoms with Crippen molar-refractivity contribution in [3.8, 4) is 0 Å². The van der Waals surface area contributed by atoms with Gasteiger partial charge in [-0.25, -0.2) is 4.98 Å². The number of pyridine rings is 1. The molecule has 2 saturated carbocycles. The third-order valence-electron chi connectivity index (χ3n) is 7.65. The zero-order valence-corrected chi connectivity index (χ0v) is 22.8. The third kappa shape index (κ3) is 8.03. The van der Waals surface area contributed by atoms with Gasteiger partial charge in [-0.2, -0.15) is 0 Å². The minimum Gasteiger partial charge on any atom is -0.351 e. The second-order valence-electron chi connectivity index (χ2n) is 10.5. The standard InChI is InChI=1S/C30H39ClN4O3/c31-23-19-17-22(18-20-23)29(30(38)33-24-10-3-1-4-11-24)35(25-12-5-2-6-13-25)28(37)16-9-15-27(36)34-26-14-7-8-21-32-26/h7-8,14,17-21,24-25,29H,1-6,9-13,15-16H2,(H,33,38)(H,32,34,36)/t29-/m0/s1. The van der Waals surface area contributed by atoms with Crippen molar-refractivity contribution in [3.63, 3.8) is 0 Å². The van der Waals surface area contributed by atoms with Crippen LogP contribution in [0.3, 0.4) is 0 Å². The first kappa shape index (κ1) is 28.1. The summed E-state index contributed by atoms with van der Waals surface area (Å²) in [4.78, 5) is 46.1. The molecular weight excluding hydrogens is 500 g/mol. The summed E-state index contributed by atoms with van der Waals surface area (Å²) in [7, 11) is 0. The van der Waals surface area contributed by atoms with Gasteiger partial charge in [0, 0.05) is 36.1 Å². The molecule has 2 N–H and O–H groups in total. The zero-order valence-electron chi connectivity index (χ0n) is 22.0. The van der Waals surface area contributed by atoms with Gasteiger partial charge in [0.25, 0.3) is 0 Å². The van der Waals surface area contributed by atoms with Crippen LogP contribution in [-0.2, 0) is 14.4 Å². The number of hydrogen-bond donors (Lipinski definition) is 2. The summed E-state index contributed by atoms with van der Waals surface area (Å²) in [5, 5.41) is 6.64. The summed E-state index contributed by atoms with van der Waals surface area (Å²) in [6.07, 6.45) is 12.8. The van der Waals surface area contributed by atoms with Crippen molar-refractivity contribution in [2.24, 2.45) is 0 Å². The van der Waals surface area contributed by atoms with E-state index < -0.39 is 6.04 Å². The van der Waals surface area contributed by atoms with Crippen molar-refractivity contribution in [1.82, 2.24) is 15.2 Å². The highest BCUT2D eigenvalue weighted by molar-refractivity contribution is 6.30. The quantitative estimate of drug-likeness (QED) is 0.377. The first-order chi connectivity index (χ1) is 18.5. The summed E-state index contributed by atoms with van der Waals surface area (Å²) < 4.78 is 0. The van der Waals surface area contributed by atoms with Gasteiger partial charge in [-0.15, -0.1) is 0 Å². The minimum absolute atomic E-state index is 0.00335. The first-order valence-corrected chi connectivity index (χ1v) is 14.5. The zero-order chi connectivity index (χ0) is 26.7. The Bertz CT molecular complexity index is 1050. The predicted molar refractivity (Wildman–Crippen MR) is 150 cm³/mol. The predicted octanol–water partition coefficient (Wildman–Crippen LogP) is 6.20. The summed E-state index contributed by atoms with van der Waals surface area (Å²) in [6, 6.07) is 12.0. The van der Waals surface area contributed by atoms with E-state index in [2.05, 4.69) is 15.6 Å². The van der Waals surface area contributed by atoms with Crippen molar-refractivity contribution < 1.29 is 14.4 Å². The number of rotatable bonds is 10. The van der Waals surface area contributed by atoms with Gasteiger partial charge in [-0.3, -0.25) is 14.4 Å². The van der Waals surface area contributed by atoms with E-state index in [0.29, 0.717) is 17.3 Å². The van der Waals surface area contributed by atoms with Crippen LogP contribution in [0.1, 0.15) is 95.1 Å². The number of hydrogen-bond acceptors (Lipinski definition) is 4. The fourth-order valence-electron chi connectivity index (χ4n) is 5.70. The van der Waals surface area contributed by atoms with E-state index in [0.717, 1.165) is 63.4 Å². The van der Waals surface area contributed by atoms with Crippen LogP contribution in [0.25, 0.3) is 0 Å². The van der Waals surface area contributed by atoms with Gasteiger partial charge >= 0.3 is 0 Å². The lowest BCUT2D eigenvalue weighted by atomic mass is 9.90. The van der Waals surface area contributed by atoms with Gasteiger partial charge in [0.1, 0.15) is 11.9 Å². The van der Waals surface area contributed by atoms with Crippen LogP contribution in [-0.4, -0.2) is 39.7 Å². The second-order valence-corrected chi connectivity index (χ2v) is 10.9. The molecule has 2 fully saturated rings. The molecule has 0 radical (unpaired) electrons. The molecule has 8 heteroatoms. The molecule has 1 aromatic carbocycles. The van der Waals surface area contributed by atoms with Crippen molar-refractivity contribution >= 4 is 35.1 Å². The lowest BCUT2D eigenvalue weighted by Crippen LogP contribution is -2.51. The maximum Gasteiger partial charge on any atom is 0.247 e. The van der Waals surface area contributed by atoms with Crippen molar-refractivity contribution in [3.05, 3.63) is 59.2 Å². The number of halogens is 1. The molecule has 0 aliphatic heterocycles. The number of carbonyl (C=O) groups excluding carboxylic acids is 3. The van der Waals surface area contributed by atoms with Crippen LogP contribution >= 0.6 is 11.6 Å². The number of anilines is 1. The van der Waals surface area contributed by atoms with Crippen LogP contribution < -0.4 is 10.6 Å². The van der Waals surface area contributed by atoms with Crippen LogP contribution in [0.2, 0.25) is 5.02 Å². The summed E-state index contributed by atoms with van der Waals surface area (Å²) in [5.41, 5.74) is 0.773. The van der Waals surface area contributed by atoms with Crippen molar-refractivity contribution in [2.45, 2.75) is 102 Å².